The van der Waals surface area contributed by atoms with Crippen LogP contribution in [0.4, 0.5) is 0 Å². The molecule has 0 saturated carbocycles. The Balaban J connectivity index is 4.70. The van der Waals surface area contributed by atoms with Crippen molar-refractivity contribution in [3.63, 3.8) is 0 Å². The molecule has 0 rings (SSSR count). The number of carbonyl (C=O) groups is 3. The molecule has 0 aliphatic rings. The number of ether oxygens (including phenoxy) is 2. The van der Waals surface area contributed by atoms with Crippen LogP contribution in [-0.4, -0.2) is 75.0 Å². The van der Waals surface area contributed by atoms with Gasteiger partial charge in [-0.05, 0) is 19.3 Å². The molecule has 0 aliphatic heterocycles. The van der Waals surface area contributed by atoms with Crippen molar-refractivity contribution in [3.8, 4) is 0 Å². The predicted octanol–water partition coefficient (Wildman–Crippen LogP) is -0.420. The van der Waals surface area contributed by atoms with Gasteiger partial charge < -0.3 is 29.0 Å². The highest BCUT2D eigenvalue weighted by Gasteiger charge is 2.27. The largest absolute Gasteiger partial charge is 0.550 e. The van der Waals surface area contributed by atoms with E-state index in [1.165, 1.54) is 0 Å². The number of hydrogen-bond acceptors (Lipinski definition) is 7. The van der Waals surface area contributed by atoms with Crippen molar-refractivity contribution in [1.82, 2.24) is 0 Å². The van der Waals surface area contributed by atoms with Gasteiger partial charge in [-0.25, -0.2) is 0 Å². The number of aliphatic carboxylic acids is 1. The number of carboxylic acid groups (broad SMARTS) is 1. The Bertz CT molecular complexity index is 459. The number of aliphatic hydroxyl groups excluding tert-OH is 1. The summed E-state index contributed by atoms with van der Waals surface area (Å²) in [5, 5.41) is 20.1. The molecule has 3 unspecified atom stereocenters. The number of quaternary nitrogens is 1. The van der Waals surface area contributed by atoms with Crippen molar-refractivity contribution in [1.29, 1.82) is 0 Å². The maximum atomic E-state index is 12.2. The third-order valence-electron chi connectivity index (χ3n) is 4.11. The van der Waals surface area contributed by atoms with Crippen LogP contribution in [0.1, 0.15) is 33.1 Å². The molecule has 8 heteroatoms. The van der Waals surface area contributed by atoms with E-state index in [2.05, 4.69) is 0 Å². The molecule has 8 nitrogen and oxygen atoms in total. The molecule has 0 aliphatic carbocycles. The van der Waals surface area contributed by atoms with Gasteiger partial charge in [0, 0.05) is 11.9 Å². The summed E-state index contributed by atoms with van der Waals surface area (Å²) in [6, 6.07) is 0. The molecule has 0 amide bonds. The van der Waals surface area contributed by atoms with Gasteiger partial charge in [-0.1, -0.05) is 13.8 Å². The van der Waals surface area contributed by atoms with Crippen LogP contribution in [0.3, 0.4) is 0 Å². The van der Waals surface area contributed by atoms with E-state index in [9.17, 15) is 19.5 Å². The second kappa shape index (κ2) is 11.9. The van der Waals surface area contributed by atoms with Crippen LogP contribution in [-0.2, 0) is 23.9 Å². The topological polar surface area (TPSA) is 113 Å². The number of esters is 2. The minimum absolute atomic E-state index is 0.00918. The van der Waals surface area contributed by atoms with Gasteiger partial charge in [-0.2, -0.15) is 0 Å². The lowest BCUT2D eigenvalue weighted by Gasteiger charge is -2.26. The first kappa shape index (κ1) is 24.3. The average Bonchev–Trinajstić information content (AvgIpc) is 2.54. The number of rotatable bonds is 13. The fraction of sp³-hybridized carbons (Fsp3) is 0.833. The maximum absolute atomic E-state index is 12.2. The summed E-state index contributed by atoms with van der Waals surface area (Å²) in [5.74, 6) is -4.50. The van der Waals surface area contributed by atoms with Crippen molar-refractivity contribution in [2.24, 2.45) is 17.8 Å². The van der Waals surface area contributed by atoms with E-state index in [1.54, 1.807) is 13.8 Å². The van der Waals surface area contributed by atoms with Crippen LogP contribution < -0.4 is 5.11 Å². The summed E-state index contributed by atoms with van der Waals surface area (Å²) in [6.45, 7) is 3.83. The van der Waals surface area contributed by atoms with Crippen molar-refractivity contribution in [3.05, 3.63) is 0 Å². The Labute approximate surface area is 155 Å². The minimum atomic E-state index is -1.30. The minimum Gasteiger partial charge on any atom is -0.550 e. The van der Waals surface area contributed by atoms with Gasteiger partial charge in [0.2, 0.25) is 0 Å². The number of aliphatic hydroxyl groups is 1. The molecule has 0 heterocycles. The van der Waals surface area contributed by atoms with Crippen LogP contribution >= 0.6 is 0 Å². The Hall–Kier alpha value is -1.67. The molecule has 1 N–H and O–H groups in total. The van der Waals surface area contributed by atoms with Gasteiger partial charge in [0.15, 0.2) is 0 Å². The highest BCUT2D eigenvalue weighted by Crippen LogP contribution is 2.24. The first-order chi connectivity index (χ1) is 12.0. The fourth-order valence-electron chi connectivity index (χ4n) is 2.41. The van der Waals surface area contributed by atoms with Crippen molar-refractivity contribution in [2.75, 3.05) is 47.5 Å². The Morgan fingerprint density at radius 1 is 1.00 bits per heavy atom. The summed E-state index contributed by atoms with van der Waals surface area (Å²) in [5.41, 5.74) is 0. The van der Waals surface area contributed by atoms with Crippen LogP contribution in [0.5, 0.6) is 0 Å². The summed E-state index contributed by atoms with van der Waals surface area (Å²) >= 11 is 0. The zero-order valence-corrected chi connectivity index (χ0v) is 16.5. The third-order valence-corrected chi connectivity index (χ3v) is 4.11. The highest BCUT2D eigenvalue weighted by molar-refractivity contribution is 5.76. The number of hydrogen-bond donors (Lipinski definition) is 1. The van der Waals surface area contributed by atoms with E-state index in [1.807, 2.05) is 21.1 Å². The first-order valence-electron chi connectivity index (χ1n) is 8.97. The van der Waals surface area contributed by atoms with Crippen molar-refractivity contribution >= 4 is 17.9 Å². The number of carbonyl (C=O) groups excluding carboxylic acids is 3. The quantitative estimate of drug-likeness (QED) is 0.344. The summed E-state index contributed by atoms with van der Waals surface area (Å²) in [4.78, 5) is 35.4. The van der Waals surface area contributed by atoms with E-state index in [0.29, 0.717) is 17.4 Å². The van der Waals surface area contributed by atoms with E-state index in [-0.39, 0.29) is 32.7 Å². The molecule has 0 radical (unpaired) electrons. The van der Waals surface area contributed by atoms with Gasteiger partial charge in [0.1, 0.15) is 19.8 Å². The zero-order chi connectivity index (χ0) is 20.3. The lowest BCUT2D eigenvalue weighted by Crippen LogP contribution is -2.39. The smallest absolute Gasteiger partial charge is 0.309 e. The second-order valence-electron chi connectivity index (χ2n) is 7.57. The average molecular weight is 375 g/mol. The number of nitrogens with zero attached hydrogens (tertiary/aromatic N) is 1. The molecule has 0 aromatic heterocycles. The lowest BCUT2D eigenvalue weighted by molar-refractivity contribution is -0.870. The van der Waals surface area contributed by atoms with E-state index in [4.69, 9.17) is 14.6 Å². The summed E-state index contributed by atoms with van der Waals surface area (Å²) < 4.78 is 10.7. The van der Waals surface area contributed by atoms with E-state index in [0.717, 1.165) is 0 Å². The van der Waals surface area contributed by atoms with E-state index < -0.39 is 35.7 Å². The first-order valence-corrected chi connectivity index (χ1v) is 8.97. The standard InChI is InChI=1S/C18H33NO7/c1-6-14(18(24)25-9-7-19(3,4)5)12-15(16(21)22)11-13(2)17(23)26-10-8-20/h13-15,20H,6-12H2,1-5H3. The highest BCUT2D eigenvalue weighted by atomic mass is 16.5. The second-order valence-corrected chi connectivity index (χ2v) is 7.57. The SMILES string of the molecule is CCC(CC(CC(C)C(=O)OCCO)C(=O)[O-])C(=O)OCC[N+](C)(C)C. The zero-order valence-electron chi connectivity index (χ0n) is 16.5. The van der Waals surface area contributed by atoms with Gasteiger partial charge in [-0.3, -0.25) is 9.59 Å². The van der Waals surface area contributed by atoms with Crippen molar-refractivity contribution < 1.29 is 38.6 Å². The molecule has 0 saturated heterocycles. The molecule has 152 valence electrons. The summed E-state index contributed by atoms with van der Waals surface area (Å²) in [7, 11) is 5.94. The fourth-order valence-corrected chi connectivity index (χ4v) is 2.41. The predicted molar refractivity (Wildman–Crippen MR) is 92.6 cm³/mol. The lowest BCUT2D eigenvalue weighted by atomic mass is 9.86. The normalized spacial score (nSPS) is 15.0. The number of carboxylic acids is 1. The summed E-state index contributed by atoms with van der Waals surface area (Å²) in [6.07, 6.45) is 0.505. The molecule has 0 bridgehead atoms. The van der Waals surface area contributed by atoms with Gasteiger partial charge in [0.05, 0.1) is 39.6 Å². The third kappa shape index (κ3) is 10.4. The van der Waals surface area contributed by atoms with Gasteiger partial charge in [0.25, 0.3) is 0 Å². The van der Waals surface area contributed by atoms with Crippen LogP contribution in [0.25, 0.3) is 0 Å². The molecular formula is C18H33NO7. The van der Waals surface area contributed by atoms with Gasteiger partial charge in [-0.15, -0.1) is 0 Å². The Kier molecular flexibility index (Phi) is 11.1. The van der Waals surface area contributed by atoms with Crippen LogP contribution in [0, 0.1) is 17.8 Å². The molecule has 0 fully saturated rings. The molecule has 0 aromatic rings. The molecule has 26 heavy (non-hydrogen) atoms. The van der Waals surface area contributed by atoms with Crippen molar-refractivity contribution in [2.45, 2.75) is 33.1 Å². The molecular weight excluding hydrogens is 342 g/mol. The maximum Gasteiger partial charge on any atom is 0.309 e. The Morgan fingerprint density at radius 3 is 2.04 bits per heavy atom. The van der Waals surface area contributed by atoms with Gasteiger partial charge >= 0.3 is 11.9 Å². The Morgan fingerprint density at radius 2 is 1.58 bits per heavy atom. The molecule has 0 spiro atoms. The monoisotopic (exact) mass is 375 g/mol. The van der Waals surface area contributed by atoms with E-state index >= 15 is 0 Å². The molecule has 0 aromatic carbocycles. The van der Waals surface area contributed by atoms with Crippen LogP contribution in [0.2, 0.25) is 0 Å². The van der Waals surface area contributed by atoms with Crippen LogP contribution in [0.15, 0.2) is 0 Å². The number of likely N-dealkylation sites (N-methyl/N-ethyl adjacent to an activating group) is 1. The molecule has 3 atom stereocenters.